The van der Waals surface area contributed by atoms with Crippen molar-refractivity contribution in [3.05, 3.63) is 65.2 Å². The van der Waals surface area contributed by atoms with E-state index in [-0.39, 0.29) is 0 Å². The molecule has 1 aliphatic carbocycles. The van der Waals surface area contributed by atoms with Gasteiger partial charge in [0.1, 0.15) is 0 Å². The van der Waals surface area contributed by atoms with Crippen LogP contribution in [0.4, 0.5) is 5.69 Å². The van der Waals surface area contributed by atoms with Gasteiger partial charge < -0.3 is 5.73 Å². The third-order valence-corrected chi connectivity index (χ3v) is 6.46. The lowest BCUT2D eigenvalue weighted by atomic mass is 9.77. The van der Waals surface area contributed by atoms with Crippen molar-refractivity contribution in [3.63, 3.8) is 0 Å². The summed E-state index contributed by atoms with van der Waals surface area (Å²) in [5.74, 6) is 1.76. The molecule has 1 heteroatoms. The summed E-state index contributed by atoms with van der Waals surface area (Å²) in [6.45, 7) is 2.30. The molecule has 0 bridgehead atoms. The molecule has 146 valence electrons. The molecule has 2 aromatic carbocycles. The highest BCUT2D eigenvalue weighted by Gasteiger charge is 2.22. The third kappa shape index (κ3) is 6.13. The summed E-state index contributed by atoms with van der Waals surface area (Å²) in [5, 5.41) is 0. The van der Waals surface area contributed by atoms with Crippen LogP contribution in [-0.4, -0.2) is 0 Å². The summed E-state index contributed by atoms with van der Waals surface area (Å²) in [6.07, 6.45) is 15.1. The third-order valence-electron chi connectivity index (χ3n) is 6.46. The lowest BCUT2D eigenvalue weighted by Crippen LogP contribution is -2.13. The van der Waals surface area contributed by atoms with Crippen molar-refractivity contribution in [2.24, 2.45) is 5.92 Å². The van der Waals surface area contributed by atoms with Gasteiger partial charge in [-0.3, -0.25) is 0 Å². The smallest absolute Gasteiger partial charge is 0.0349 e. The first kappa shape index (κ1) is 20.0. The van der Waals surface area contributed by atoms with Crippen LogP contribution < -0.4 is 5.73 Å². The molecule has 0 radical (unpaired) electrons. The maximum atomic E-state index is 6.09. The molecule has 27 heavy (non-hydrogen) atoms. The van der Waals surface area contributed by atoms with Crippen molar-refractivity contribution in [2.75, 3.05) is 5.73 Å². The molecule has 2 N–H and O–H groups in total. The number of hydrogen-bond acceptors (Lipinski definition) is 1. The zero-order chi connectivity index (χ0) is 18.9. The number of hydrogen-bond donors (Lipinski definition) is 1. The van der Waals surface area contributed by atoms with E-state index in [2.05, 4.69) is 43.3 Å². The summed E-state index contributed by atoms with van der Waals surface area (Å²) < 4.78 is 0. The van der Waals surface area contributed by atoms with Crippen molar-refractivity contribution < 1.29 is 0 Å². The molecule has 3 rings (SSSR count). The van der Waals surface area contributed by atoms with E-state index in [4.69, 9.17) is 5.73 Å². The Hall–Kier alpha value is -1.76. The lowest BCUT2D eigenvalue weighted by Gasteiger charge is -2.29. The molecule has 0 amide bonds. The topological polar surface area (TPSA) is 26.0 Å². The van der Waals surface area contributed by atoms with Gasteiger partial charge in [-0.2, -0.15) is 0 Å². The highest BCUT2D eigenvalue weighted by molar-refractivity contribution is 5.48. The number of rotatable bonds is 9. The van der Waals surface area contributed by atoms with Crippen LogP contribution in [-0.2, 0) is 6.42 Å². The Kier molecular flexibility index (Phi) is 7.80. The van der Waals surface area contributed by atoms with Crippen LogP contribution in [0, 0.1) is 5.92 Å². The molecule has 1 nitrogen and oxygen atoms in total. The molecular weight excluding hydrogens is 326 g/mol. The predicted octanol–water partition coefficient (Wildman–Crippen LogP) is 7.49. The van der Waals surface area contributed by atoms with E-state index in [9.17, 15) is 0 Å². The molecule has 1 saturated carbocycles. The molecule has 0 heterocycles. The second kappa shape index (κ2) is 10.5. The minimum Gasteiger partial charge on any atom is -0.398 e. The van der Waals surface area contributed by atoms with E-state index in [1.165, 1.54) is 75.3 Å². The van der Waals surface area contributed by atoms with Crippen molar-refractivity contribution in [2.45, 2.75) is 83.5 Å². The van der Waals surface area contributed by atoms with E-state index in [0.717, 1.165) is 23.9 Å². The van der Waals surface area contributed by atoms with Crippen LogP contribution in [0.15, 0.2) is 48.5 Å². The van der Waals surface area contributed by atoms with Gasteiger partial charge in [0, 0.05) is 5.69 Å². The van der Waals surface area contributed by atoms with Crippen LogP contribution in [0.5, 0.6) is 0 Å². The van der Waals surface area contributed by atoms with Crippen molar-refractivity contribution in [3.8, 4) is 0 Å². The summed E-state index contributed by atoms with van der Waals surface area (Å²) >= 11 is 0. The molecule has 2 aromatic rings. The van der Waals surface area contributed by atoms with Crippen LogP contribution in [0.2, 0.25) is 0 Å². The van der Waals surface area contributed by atoms with Crippen LogP contribution in [0.1, 0.15) is 93.7 Å². The second-order valence-electron chi connectivity index (χ2n) is 8.54. The average Bonchev–Trinajstić information content (AvgIpc) is 2.71. The molecule has 0 atom stereocenters. The Morgan fingerprint density at radius 1 is 0.815 bits per heavy atom. The largest absolute Gasteiger partial charge is 0.398 e. The van der Waals surface area contributed by atoms with Gasteiger partial charge in [0.15, 0.2) is 0 Å². The van der Waals surface area contributed by atoms with E-state index in [1.54, 1.807) is 5.56 Å². The fourth-order valence-electron chi connectivity index (χ4n) is 4.64. The van der Waals surface area contributed by atoms with E-state index in [1.807, 2.05) is 12.1 Å². The number of unbranched alkanes of at least 4 members (excludes halogenated alkanes) is 4. The molecule has 0 spiro atoms. The molecule has 0 aromatic heterocycles. The Balaban J connectivity index is 1.44. The van der Waals surface area contributed by atoms with Crippen molar-refractivity contribution in [1.82, 2.24) is 0 Å². The van der Waals surface area contributed by atoms with Crippen LogP contribution in [0.25, 0.3) is 0 Å². The quantitative estimate of drug-likeness (QED) is 0.362. The summed E-state index contributed by atoms with van der Waals surface area (Å²) in [7, 11) is 0. The monoisotopic (exact) mass is 363 g/mol. The Morgan fingerprint density at radius 3 is 2.22 bits per heavy atom. The Bertz CT molecular complexity index is 665. The SMILES string of the molecule is CCCCCCCC1CCC(c2ccc(Cc3ccccc3N)cc2)CC1. The van der Waals surface area contributed by atoms with Gasteiger partial charge in [0.2, 0.25) is 0 Å². The number of anilines is 1. The zero-order valence-electron chi connectivity index (χ0n) is 17.1. The number of nitrogen functional groups attached to an aromatic ring is 1. The standard InChI is InChI=1S/C26H37N/c1-2-3-4-5-6-9-21-12-16-23(17-13-21)24-18-14-22(15-19-24)20-25-10-7-8-11-26(25)27/h7-8,10-11,14-15,18-19,21,23H,2-6,9,12-13,16-17,20,27H2,1H3. The number of benzene rings is 2. The summed E-state index contributed by atoms with van der Waals surface area (Å²) in [4.78, 5) is 0. The molecule has 0 unspecified atom stereocenters. The average molecular weight is 364 g/mol. The summed E-state index contributed by atoms with van der Waals surface area (Å²) in [6, 6.07) is 17.5. The summed E-state index contributed by atoms with van der Waals surface area (Å²) in [5.41, 5.74) is 11.1. The normalized spacial score (nSPS) is 19.9. The molecule has 1 fully saturated rings. The van der Waals surface area contributed by atoms with Gasteiger partial charge in [-0.15, -0.1) is 0 Å². The van der Waals surface area contributed by atoms with Gasteiger partial charge in [-0.1, -0.05) is 87.9 Å². The van der Waals surface area contributed by atoms with Gasteiger partial charge >= 0.3 is 0 Å². The first-order valence-corrected chi connectivity index (χ1v) is 11.2. The molecular formula is C26H37N. The maximum Gasteiger partial charge on any atom is 0.0349 e. The second-order valence-corrected chi connectivity index (χ2v) is 8.54. The van der Waals surface area contributed by atoms with Crippen molar-refractivity contribution >= 4 is 5.69 Å². The highest BCUT2D eigenvalue weighted by atomic mass is 14.6. The van der Waals surface area contributed by atoms with Crippen molar-refractivity contribution in [1.29, 1.82) is 0 Å². The van der Waals surface area contributed by atoms with Crippen LogP contribution in [0.3, 0.4) is 0 Å². The van der Waals surface area contributed by atoms with Gasteiger partial charge in [-0.05, 0) is 66.7 Å². The zero-order valence-corrected chi connectivity index (χ0v) is 17.1. The van der Waals surface area contributed by atoms with E-state index < -0.39 is 0 Å². The maximum absolute atomic E-state index is 6.09. The first-order valence-electron chi connectivity index (χ1n) is 11.2. The fraction of sp³-hybridized carbons (Fsp3) is 0.538. The lowest BCUT2D eigenvalue weighted by molar-refractivity contribution is 0.302. The highest BCUT2D eigenvalue weighted by Crippen LogP contribution is 2.38. The van der Waals surface area contributed by atoms with E-state index >= 15 is 0 Å². The number of nitrogens with two attached hydrogens (primary N) is 1. The Labute approximate surface area is 166 Å². The van der Waals surface area contributed by atoms with E-state index in [0.29, 0.717) is 0 Å². The molecule has 0 saturated heterocycles. The van der Waals surface area contributed by atoms with Gasteiger partial charge in [0.05, 0.1) is 0 Å². The minimum atomic E-state index is 0.775. The minimum absolute atomic E-state index is 0.775. The molecule has 1 aliphatic rings. The van der Waals surface area contributed by atoms with Crippen LogP contribution >= 0.6 is 0 Å². The first-order chi connectivity index (χ1) is 13.3. The molecule has 0 aliphatic heterocycles. The predicted molar refractivity (Wildman–Crippen MR) is 118 cm³/mol. The van der Waals surface area contributed by atoms with Gasteiger partial charge in [-0.25, -0.2) is 0 Å². The fourth-order valence-corrected chi connectivity index (χ4v) is 4.64. The number of para-hydroxylation sites is 1. The van der Waals surface area contributed by atoms with Gasteiger partial charge in [0.25, 0.3) is 0 Å². The Morgan fingerprint density at radius 2 is 1.52 bits per heavy atom.